The van der Waals surface area contributed by atoms with Gasteiger partial charge in [0.05, 0.1) is 0 Å². The molecular formula is C16H23Cl2Zr. The summed E-state index contributed by atoms with van der Waals surface area (Å²) in [5.41, 5.74) is 3.31. The van der Waals surface area contributed by atoms with Crippen LogP contribution < -0.4 is 24.8 Å². The van der Waals surface area contributed by atoms with Crippen molar-refractivity contribution in [3.05, 3.63) is 29.3 Å². The van der Waals surface area contributed by atoms with Crippen molar-refractivity contribution in [1.82, 2.24) is 0 Å². The number of hydrogen-bond donors (Lipinski definition) is 0. The van der Waals surface area contributed by atoms with Crippen molar-refractivity contribution in [2.75, 3.05) is 0 Å². The SMILES string of the molecule is [Cl-].[Cl-].[Zr+3].c1[cH-]c(C2CCCCC2)cc1C1CCCC1. The molecule has 0 aromatic heterocycles. The Morgan fingerprint density at radius 3 is 1.95 bits per heavy atom. The summed E-state index contributed by atoms with van der Waals surface area (Å²) in [6, 6.07) is 7.37. The van der Waals surface area contributed by atoms with Crippen LogP contribution in [0.2, 0.25) is 0 Å². The molecule has 0 saturated heterocycles. The van der Waals surface area contributed by atoms with E-state index >= 15 is 0 Å². The Morgan fingerprint density at radius 1 is 0.789 bits per heavy atom. The molecule has 0 N–H and O–H groups in total. The molecule has 1 radical (unpaired) electrons. The van der Waals surface area contributed by atoms with E-state index in [1.807, 2.05) is 0 Å². The van der Waals surface area contributed by atoms with Crippen molar-refractivity contribution in [1.29, 1.82) is 0 Å². The van der Waals surface area contributed by atoms with Gasteiger partial charge in [-0.15, -0.1) is 0 Å². The first-order chi connectivity index (χ1) is 7.93. The molecule has 0 aliphatic heterocycles. The van der Waals surface area contributed by atoms with Gasteiger partial charge in [0.2, 0.25) is 0 Å². The maximum Gasteiger partial charge on any atom is 3.00 e. The third-order valence-corrected chi connectivity index (χ3v) is 4.70. The van der Waals surface area contributed by atoms with E-state index in [0.29, 0.717) is 0 Å². The third-order valence-electron chi connectivity index (χ3n) is 4.70. The summed E-state index contributed by atoms with van der Waals surface area (Å²) >= 11 is 0. The van der Waals surface area contributed by atoms with Crippen LogP contribution in [-0.2, 0) is 26.2 Å². The van der Waals surface area contributed by atoms with E-state index < -0.39 is 0 Å². The summed E-state index contributed by atoms with van der Waals surface area (Å²) in [5.74, 6) is 1.79. The van der Waals surface area contributed by atoms with Crippen molar-refractivity contribution < 1.29 is 51.0 Å². The van der Waals surface area contributed by atoms with Crippen molar-refractivity contribution in [2.45, 2.75) is 69.6 Å². The Bertz CT molecular complexity index is 336. The minimum atomic E-state index is 0. The average molecular weight is 377 g/mol. The summed E-state index contributed by atoms with van der Waals surface area (Å²) in [5, 5.41) is 0. The van der Waals surface area contributed by atoms with Gasteiger partial charge in [-0.25, -0.2) is 6.07 Å². The van der Waals surface area contributed by atoms with Crippen LogP contribution in [-0.4, -0.2) is 0 Å². The first-order valence-corrected chi connectivity index (χ1v) is 7.20. The molecule has 0 nitrogen and oxygen atoms in total. The largest absolute Gasteiger partial charge is 3.00 e. The fourth-order valence-electron chi connectivity index (χ4n) is 3.68. The molecule has 2 fully saturated rings. The molecule has 0 heterocycles. The predicted molar refractivity (Wildman–Crippen MR) is 69.1 cm³/mol. The topological polar surface area (TPSA) is 0 Å². The minimum Gasteiger partial charge on any atom is -1.00 e. The van der Waals surface area contributed by atoms with Crippen LogP contribution in [0.4, 0.5) is 0 Å². The van der Waals surface area contributed by atoms with Crippen LogP contribution in [0.1, 0.15) is 80.8 Å². The Hall–Kier alpha value is 0.813. The average Bonchev–Trinajstić information content (AvgIpc) is 3.01. The summed E-state index contributed by atoms with van der Waals surface area (Å²) in [6.07, 6.45) is 13.0. The molecule has 2 saturated carbocycles. The second-order valence-electron chi connectivity index (χ2n) is 5.79. The van der Waals surface area contributed by atoms with Crippen LogP contribution in [0.3, 0.4) is 0 Å². The Morgan fingerprint density at radius 2 is 1.32 bits per heavy atom. The first-order valence-electron chi connectivity index (χ1n) is 7.20. The molecule has 1 aromatic rings. The molecule has 0 atom stereocenters. The van der Waals surface area contributed by atoms with Gasteiger partial charge < -0.3 is 24.8 Å². The maximum atomic E-state index is 2.53. The maximum absolute atomic E-state index is 2.53. The molecule has 0 unspecified atom stereocenters. The van der Waals surface area contributed by atoms with Gasteiger partial charge in [0.25, 0.3) is 0 Å². The Labute approximate surface area is 149 Å². The van der Waals surface area contributed by atoms with E-state index in [9.17, 15) is 0 Å². The molecule has 1 aromatic carbocycles. The molecule has 2 aliphatic rings. The fourth-order valence-corrected chi connectivity index (χ4v) is 3.68. The molecule has 0 bridgehead atoms. The van der Waals surface area contributed by atoms with Crippen LogP contribution in [0.5, 0.6) is 0 Å². The monoisotopic (exact) mass is 375 g/mol. The quantitative estimate of drug-likeness (QED) is 0.587. The summed E-state index contributed by atoms with van der Waals surface area (Å²) < 4.78 is 0. The van der Waals surface area contributed by atoms with Crippen LogP contribution in [0, 0.1) is 0 Å². The molecule has 3 rings (SSSR count). The van der Waals surface area contributed by atoms with Crippen LogP contribution in [0.15, 0.2) is 18.2 Å². The molecule has 2 aliphatic carbocycles. The summed E-state index contributed by atoms with van der Waals surface area (Å²) in [7, 11) is 0. The molecule has 3 heteroatoms. The summed E-state index contributed by atoms with van der Waals surface area (Å²) in [4.78, 5) is 0. The predicted octanol–water partition coefficient (Wildman–Crippen LogP) is -0.884. The molecule has 0 amide bonds. The van der Waals surface area contributed by atoms with Crippen LogP contribution in [0.25, 0.3) is 0 Å². The van der Waals surface area contributed by atoms with E-state index in [-0.39, 0.29) is 51.0 Å². The molecular weight excluding hydrogens is 354 g/mol. The van der Waals surface area contributed by atoms with Gasteiger partial charge in [-0.1, -0.05) is 50.9 Å². The number of halogens is 2. The van der Waals surface area contributed by atoms with Gasteiger partial charge >= 0.3 is 26.2 Å². The second kappa shape index (κ2) is 9.70. The smallest absolute Gasteiger partial charge is 1.00 e. The Balaban J connectivity index is 0.00000108. The van der Waals surface area contributed by atoms with E-state index in [2.05, 4.69) is 18.2 Å². The van der Waals surface area contributed by atoms with E-state index in [1.54, 1.807) is 11.1 Å². The van der Waals surface area contributed by atoms with Crippen molar-refractivity contribution in [2.24, 2.45) is 0 Å². The van der Waals surface area contributed by atoms with Gasteiger partial charge in [-0.2, -0.15) is 23.3 Å². The second-order valence-corrected chi connectivity index (χ2v) is 5.79. The van der Waals surface area contributed by atoms with E-state index in [0.717, 1.165) is 11.8 Å². The zero-order valence-electron chi connectivity index (χ0n) is 11.5. The van der Waals surface area contributed by atoms with E-state index in [4.69, 9.17) is 0 Å². The van der Waals surface area contributed by atoms with Gasteiger partial charge in [0, 0.05) is 0 Å². The summed E-state index contributed by atoms with van der Waals surface area (Å²) in [6.45, 7) is 0. The number of hydrogen-bond acceptors (Lipinski definition) is 0. The molecule has 19 heavy (non-hydrogen) atoms. The molecule has 0 spiro atoms. The normalized spacial score (nSPS) is 20.2. The third kappa shape index (κ3) is 4.94. The van der Waals surface area contributed by atoms with Gasteiger partial charge in [0.1, 0.15) is 0 Å². The van der Waals surface area contributed by atoms with E-state index in [1.165, 1.54) is 57.8 Å². The van der Waals surface area contributed by atoms with Crippen molar-refractivity contribution in [3.8, 4) is 0 Å². The first kappa shape index (κ1) is 19.8. The van der Waals surface area contributed by atoms with Gasteiger partial charge in [0.15, 0.2) is 0 Å². The molecule has 105 valence electrons. The Kier molecular flexibility index (Phi) is 10.1. The zero-order valence-corrected chi connectivity index (χ0v) is 15.5. The fraction of sp³-hybridized carbons (Fsp3) is 0.688. The van der Waals surface area contributed by atoms with Gasteiger partial charge in [-0.05, 0) is 18.8 Å². The zero-order chi connectivity index (χ0) is 10.8. The standard InChI is InChI=1S/C16H23.2ClH.Zr/c1-2-6-13(7-3-1)15-10-11-16(12-15)14-8-4-5-9-14;;;/h10-14H,1-9H2;2*1H;/q-1;;;+3/p-2. The van der Waals surface area contributed by atoms with Crippen LogP contribution >= 0.6 is 0 Å². The van der Waals surface area contributed by atoms with Crippen molar-refractivity contribution in [3.63, 3.8) is 0 Å². The minimum absolute atomic E-state index is 0. The van der Waals surface area contributed by atoms with Gasteiger partial charge in [-0.3, -0.25) is 0 Å². The number of rotatable bonds is 2. The van der Waals surface area contributed by atoms with Crippen molar-refractivity contribution >= 4 is 0 Å².